The predicted octanol–water partition coefficient (Wildman–Crippen LogP) is 1.99. The Bertz CT molecular complexity index is 344. The van der Waals surface area contributed by atoms with Gasteiger partial charge in [-0.05, 0) is 45.4 Å². The van der Waals surface area contributed by atoms with Gasteiger partial charge in [0.2, 0.25) is 0 Å². The fourth-order valence-corrected chi connectivity index (χ4v) is 1.58. The molecule has 0 saturated carbocycles. The Morgan fingerprint density at radius 1 is 1.35 bits per heavy atom. The Kier molecular flexibility index (Phi) is 4.97. The highest BCUT2D eigenvalue weighted by Gasteiger charge is 2.21. The first-order chi connectivity index (χ1) is 7.95. The summed E-state index contributed by atoms with van der Waals surface area (Å²) in [5.74, 6) is 0.921. The number of methoxy groups -OCH3 is 1. The van der Waals surface area contributed by atoms with Crippen molar-refractivity contribution < 1.29 is 9.84 Å². The monoisotopic (exact) mass is 237 g/mol. The Hall–Kier alpha value is -1.06. The largest absolute Gasteiger partial charge is 0.496 e. The van der Waals surface area contributed by atoms with Crippen molar-refractivity contribution in [2.45, 2.75) is 38.8 Å². The fourth-order valence-electron chi connectivity index (χ4n) is 1.58. The van der Waals surface area contributed by atoms with Gasteiger partial charge in [0.05, 0.1) is 12.7 Å². The highest BCUT2D eigenvalue weighted by Crippen LogP contribution is 2.17. The van der Waals surface area contributed by atoms with Crippen LogP contribution in [0, 0.1) is 0 Å². The minimum absolute atomic E-state index is 0.0669. The van der Waals surface area contributed by atoms with Gasteiger partial charge in [0.25, 0.3) is 0 Å². The Morgan fingerprint density at radius 2 is 2.00 bits per heavy atom. The number of ether oxygens (including phenoxy) is 1. The lowest BCUT2D eigenvalue weighted by molar-refractivity contribution is 0.0446. The van der Waals surface area contributed by atoms with Gasteiger partial charge in [0.15, 0.2) is 0 Å². The van der Waals surface area contributed by atoms with E-state index in [1.807, 2.05) is 39.0 Å². The van der Waals surface area contributed by atoms with Crippen LogP contribution in [0.25, 0.3) is 0 Å². The average molecular weight is 237 g/mol. The van der Waals surface area contributed by atoms with Crippen LogP contribution >= 0.6 is 0 Å². The lowest BCUT2D eigenvalue weighted by atomic mass is 10.0. The number of hydrogen-bond donors (Lipinski definition) is 2. The van der Waals surface area contributed by atoms with Crippen molar-refractivity contribution in [3.63, 3.8) is 0 Å². The molecule has 0 aromatic heterocycles. The zero-order valence-corrected chi connectivity index (χ0v) is 11.2. The van der Waals surface area contributed by atoms with Crippen molar-refractivity contribution in [1.82, 2.24) is 5.32 Å². The number of hydrogen-bond acceptors (Lipinski definition) is 3. The molecule has 0 saturated heterocycles. The number of para-hydroxylation sites is 1. The molecule has 1 aromatic carbocycles. The lowest BCUT2D eigenvalue weighted by Crippen LogP contribution is -2.45. The zero-order valence-electron chi connectivity index (χ0n) is 11.2. The molecular formula is C14H23NO2. The van der Waals surface area contributed by atoms with Gasteiger partial charge in [-0.15, -0.1) is 0 Å². The maximum absolute atomic E-state index is 9.80. The van der Waals surface area contributed by atoms with Gasteiger partial charge in [-0.2, -0.15) is 0 Å². The summed E-state index contributed by atoms with van der Waals surface area (Å²) >= 11 is 0. The molecule has 0 heterocycles. The van der Waals surface area contributed by atoms with E-state index >= 15 is 0 Å². The minimum atomic E-state index is -0.694. The van der Waals surface area contributed by atoms with Gasteiger partial charge >= 0.3 is 0 Å². The van der Waals surface area contributed by atoms with E-state index in [4.69, 9.17) is 4.74 Å². The van der Waals surface area contributed by atoms with Gasteiger partial charge in [-0.25, -0.2) is 0 Å². The van der Waals surface area contributed by atoms with Gasteiger partial charge in [0.1, 0.15) is 5.75 Å². The van der Waals surface area contributed by atoms with Crippen molar-refractivity contribution in [3.05, 3.63) is 29.8 Å². The Balaban J connectivity index is 2.46. The van der Waals surface area contributed by atoms with E-state index in [1.54, 1.807) is 7.11 Å². The zero-order chi connectivity index (χ0) is 12.9. The van der Waals surface area contributed by atoms with Crippen LogP contribution in [0.5, 0.6) is 5.75 Å². The topological polar surface area (TPSA) is 41.5 Å². The summed E-state index contributed by atoms with van der Waals surface area (Å²) in [4.78, 5) is 0. The van der Waals surface area contributed by atoms with E-state index < -0.39 is 5.60 Å². The molecule has 2 N–H and O–H groups in total. The summed E-state index contributed by atoms with van der Waals surface area (Å²) in [5.41, 5.74) is 0.492. The van der Waals surface area contributed by atoms with Crippen molar-refractivity contribution in [2.75, 3.05) is 13.7 Å². The SMILES string of the molecule is COc1ccccc1CCNC(C)C(C)(C)O. The van der Waals surface area contributed by atoms with Crippen molar-refractivity contribution in [1.29, 1.82) is 0 Å². The van der Waals surface area contributed by atoms with Crippen LogP contribution in [0.4, 0.5) is 0 Å². The molecule has 1 atom stereocenters. The van der Waals surface area contributed by atoms with E-state index in [0.717, 1.165) is 18.7 Å². The summed E-state index contributed by atoms with van der Waals surface area (Å²) in [6, 6.07) is 8.08. The summed E-state index contributed by atoms with van der Waals surface area (Å²) < 4.78 is 5.29. The molecule has 17 heavy (non-hydrogen) atoms. The summed E-state index contributed by atoms with van der Waals surface area (Å²) in [6.07, 6.45) is 0.893. The maximum Gasteiger partial charge on any atom is 0.122 e. The second kappa shape index (κ2) is 6.03. The van der Waals surface area contributed by atoms with Crippen LogP contribution in [0.15, 0.2) is 24.3 Å². The first-order valence-electron chi connectivity index (χ1n) is 6.03. The van der Waals surface area contributed by atoms with Crippen LogP contribution in [-0.2, 0) is 6.42 Å². The van der Waals surface area contributed by atoms with Crippen molar-refractivity contribution in [3.8, 4) is 5.75 Å². The smallest absolute Gasteiger partial charge is 0.122 e. The Labute approximate surface area is 104 Å². The molecular weight excluding hydrogens is 214 g/mol. The number of rotatable bonds is 6. The molecule has 0 fully saturated rings. The summed E-state index contributed by atoms with van der Waals surface area (Å²) in [5, 5.41) is 13.1. The second-order valence-corrected chi connectivity index (χ2v) is 4.89. The van der Waals surface area contributed by atoms with E-state index in [-0.39, 0.29) is 6.04 Å². The number of aliphatic hydroxyl groups is 1. The quantitative estimate of drug-likeness (QED) is 0.795. The third-order valence-electron chi connectivity index (χ3n) is 3.10. The third-order valence-corrected chi connectivity index (χ3v) is 3.10. The molecule has 3 nitrogen and oxygen atoms in total. The molecule has 3 heteroatoms. The van der Waals surface area contributed by atoms with Crippen molar-refractivity contribution in [2.24, 2.45) is 0 Å². The fraction of sp³-hybridized carbons (Fsp3) is 0.571. The first-order valence-corrected chi connectivity index (χ1v) is 6.03. The van der Waals surface area contributed by atoms with Gasteiger partial charge in [-0.1, -0.05) is 18.2 Å². The van der Waals surface area contributed by atoms with Gasteiger partial charge < -0.3 is 15.2 Å². The highest BCUT2D eigenvalue weighted by molar-refractivity contribution is 5.33. The van der Waals surface area contributed by atoms with Crippen LogP contribution in [-0.4, -0.2) is 30.4 Å². The summed E-state index contributed by atoms with van der Waals surface area (Å²) in [6.45, 7) is 6.44. The van der Waals surface area contributed by atoms with Gasteiger partial charge in [-0.3, -0.25) is 0 Å². The first kappa shape index (κ1) is 14.0. The number of nitrogens with one attached hydrogen (secondary N) is 1. The van der Waals surface area contributed by atoms with E-state index in [0.29, 0.717) is 0 Å². The molecule has 96 valence electrons. The van der Waals surface area contributed by atoms with E-state index in [2.05, 4.69) is 11.4 Å². The van der Waals surface area contributed by atoms with Crippen LogP contribution in [0.3, 0.4) is 0 Å². The molecule has 0 bridgehead atoms. The summed E-state index contributed by atoms with van der Waals surface area (Å²) in [7, 11) is 1.69. The van der Waals surface area contributed by atoms with Crippen LogP contribution in [0.2, 0.25) is 0 Å². The normalized spacial score (nSPS) is 13.5. The molecule has 1 aromatic rings. The molecule has 0 aliphatic heterocycles. The van der Waals surface area contributed by atoms with E-state index in [9.17, 15) is 5.11 Å². The molecule has 1 rings (SSSR count). The predicted molar refractivity (Wildman–Crippen MR) is 70.5 cm³/mol. The maximum atomic E-state index is 9.80. The second-order valence-electron chi connectivity index (χ2n) is 4.89. The van der Waals surface area contributed by atoms with E-state index in [1.165, 1.54) is 5.56 Å². The third kappa shape index (κ3) is 4.36. The molecule has 0 spiro atoms. The van der Waals surface area contributed by atoms with Crippen LogP contribution in [0.1, 0.15) is 26.3 Å². The highest BCUT2D eigenvalue weighted by atomic mass is 16.5. The number of benzene rings is 1. The molecule has 0 radical (unpaired) electrons. The Morgan fingerprint density at radius 3 is 2.59 bits per heavy atom. The van der Waals surface area contributed by atoms with Crippen molar-refractivity contribution >= 4 is 0 Å². The van der Waals surface area contributed by atoms with Crippen LogP contribution < -0.4 is 10.1 Å². The minimum Gasteiger partial charge on any atom is -0.496 e. The average Bonchev–Trinajstić information content (AvgIpc) is 2.28. The molecule has 1 unspecified atom stereocenters. The lowest BCUT2D eigenvalue weighted by Gasteiger charge is -2.26. The molecule has 0 aliphatic rings. The van der Waals surface area contributed by atoms with Gasteiger partial charge in [0, 0.05) is 6.04 Å². The molecule has 0 aliphatic carbocycles. The standard InChI is InChI=1S/C14H23NO2/c1-11(14(2,3)16)15-10-9-12-7-5-6-8-13(12)17-4/h5-8,11,15-16H,9-10H2,1-4H3. The molecule has 0 amide bonds.